The highest BCUT2D eigenvalue weighted by molar-refractivity contribution is 6.32. The number of benzene rings is 2. The van der Waals surface area contributed by atoms with Gasteiger partial charge in [0.15, 0.2) is 11.3 Å². The standard InChI is InChI=1S/C24H22ClN5O2/c1-5-13(2)29-14(3)26-22-20(24(29)31)21-23(28-18-9-7-6-8-17(18)27-21)30(22)15-10-11-19(32-4)16(25)12-15/h6-13H,5H2,1-4H3. The van der Waals surface area contributed by atoms with Crippen LogP contribution < -0.4 is 10.3 Å². The Morgan fingerprint density at radius 3 is 2.44 bits per heavy atom. The highest BCUT2D eigenvalue weighted by atomic mass is 35.5. The Morgan fingerprint density at radius 1 is 1.06 bits per heavy atom. The first-order valence-corrected chi connectivity index (χ1v) is 10.9. The average molecular weight is 448 g/mol. The SMILES string of the molecule is CCC(C)n1c(C)nc2c(c1=O)c1nc3ccccc3nc1n2-c1ccc(OC)c(Cl)c1. The maximum absolute atomic E-state index is 13.7. The van der Waals surface area contributed by atoms with E-state index in [1.165, 1.54) is 0 Å². The normalized spacial score (nSPS) is 12.7. The molecule has 0 N–H and O–H groups in total. The third-order valence-corrected chi connectivity index (χ3v) is 6.21. The van der Waals surface area contributed by atoms with Gasteiger partial charge in [-0.25, -0.2) is 15.0 Å². The molecule has 1 atom stereocenters. The summed E-state index contributed by atoms with van der Waals surface area (Å²) in [6.45, 7) is 5.93. The van der Waals surface area contributed by atoms with Crippen LogP contribution in [-0.2, 0) is 0 Å². The predicted molar refractivity (Wildman–Crippen MR) is 127 cm³/mol. The second-order valence-electron chi connectivity index (χ2n) is 7.83. The van der Waals surface area contributed by atoms with Crippen molar-refractivity contribution in [3.8, 4) is 11.4 Å². The van der Waals surface area contributed by atoms with E-state index in [9.17, 15) is 4.79 Å². The zero-order chi connectivity index (χ0) is 22.6. The first-order valence-electron chi connectivity index (χ1n) is 10.5. The zero-order valence-corrected chi connectivity index (χ0v) is 19.0. The summed E-state index contributed by atoms with van der Waals surface area (Å²) in [4.78, 5) is 28.3. The van der Waals surface area contributed by atoms with E-state index in [2.05, 4.69) is 6.92 Å². The van der Waals surface area contributed by atoms with Gasteiger partial charge in [-0.15, -0.1) is 0 Å². The minimum absolute atomic E-state index is 0.0154. The van der Waals surface area contributed by atoms with Crippen LogP contribution in [0.3, 0.4) is 0 Å². The van der Waals surface area contributed by atoms with Crippen LogP contribution in [0, 0.1) is 6.92 Å². The summed E-state index contributed by atoms with van der Waals surface area (Å²) in [6.07, 6.45) is 0.815. The molecule has 32 heavy (non-hydrogen) atoms. The van der Waals surface area contributed by atoms with Gasteiger partial charge >= 0.3 is 0 Å². The fraction of sp³-hybridized carbons (Fsp3) is 0.250. The van der Waals surface area contributed by atoms with Crippen molar-refractivity contribution >= 4 is 44.8 Å². The highest BCUT2D eigenvalue weighted by Crippen LogP contribution is 2.32. The molecule has 5 aromatic rings. The smallest absolute Gasteiger partial charge is 0.265 e. The van der Waals surface area contributed by atoms with Crippen LogP contribution in [0.4, 0.5) is 0 Å². The number of fused-ring (bicyclic) bond motifs is 4. The van der Waals surface area contributed by atoms with Gasteiger partial charge in [-0.05, 0) is 50.6 Å². The van der Waals surface area contributed by atoms with E-state index in [0.717, 1.165) is 23.1 Å². The van der Waals surface area contributed by atoms with E-state index in [1.807, 2.05) is 48.7 Å². The number of hydrogen-bond acceptors (Lipinski definition) is 5. The van der Waals surface area contributed by atoms with E-state index in [0.29, 0.717) is 38.8 Å². The third kappa shape index (κ3) is 2.96. The van der Waals surface area contributed by atoms with Gasteiger partial charge in [0, 0.05) is 6.04 Å². The molecule has 0 bridgehead atoms. The summed E-state index contributed by atoms with van der Waals surface area (Å²) in [6, 6.07) is 13.1. The maximum Gasteiger partial charge on any atom is 0.265 e. The van der Waals surface area contributed by atoms with E-state index in [4.69, 9.17) is 31.3 Å². The van der Waals surface area contributed by atoms with Crippen molar-refractivity contribution in [3.63, 3.8) is 0 Å². The number of nitrogens with zero attached hydrogens (tertiary/aromatic N) is 5. The van der Waals surface area contributed by atoms with E-state index >= 15 is 0 Å². The molecule has 0 aliphatic rings. The predicted octanol–water partition coefficient (Wildman–Crippen LogP) is 5.23. The van der Waals surface area contributed by atoms with Crippen molar-refractivity contribution in [3.05, 3.63) is 63.7 Å². The van der Waals surface area contributed by atoms with Crippen LogP contribution in [0.25, 0.3) is 38.9 Å². The Bertz CT molecular complexity index is 1570. The molecule has 7 nitrogen and oxygen atoms in total. The average Bonchev–Trinajstić information content (AvgIpc) is 3.10. The molecule has 162 valence electrons. The number of methoxy groups -OCH3 is 1. The second kappa shape index (κ2) is 7.60. The number of aromatic nitrogens is 5. The van der Waals surface area contributed by atoms with Gasteiger partial charge in [-0.2, -0.15) is 0 Å². The number of para-hydroxylation sites is 2. The van der Waals surface area contributed by atoms with Crippen molar-refractivity contribution in [2.24, 2.45) is 0 Å². The van der Waals surface area contributed by atoms with Gasteiger partial charge in [0.25, 0.3) is 5.56 Å². The highest BCUT2D eigenvalue weighted by Gasteiger charge is 2.23. The summed E-state index contributed by atoms with van der Waals surface area (Å²) >= 11 is 6.43. The molecular weight excluding hydrogens is 426 g/mol. The molecular formula is C24H22ClN5O2. The Morgan fingerprint density at radius 2 is 1.78 bits per heavy atom. The van der Waals surface area contributed by atoms with E-state index in [1.54, 1.807) is 23.8 Å². The third-order valence-electron chi connectivity index (χ3n) is 5.91. The van der Waals surface area contributed by atoms with E-state index < -0.39 is 0 Å². The molecule has 0 aliphatic heterocycles. The number of hydrogen-bond donors (Lipinski definition) is 0. The molecule has 0 aliphatic carbocycles. The second-order valence-corrected chi connectivity index (χ2v) is 8.24. The summed E-state index contributed by atoms with van der Waals surface area (Å²) in [7, 11) is 1.57. The molecule has 0 saturated carbocycles. The van der Waals surface area contributed by atoms with Gasteiger partial charge in [-0.1, -0.05) is 30.7 Å². The minimum Gasteiger partial charge on any atom is -0.495 e. The Balaban J connectivity index is 1.99. The lowest BCUT2D eigenvalue weighted by atomic mass is 10.2. The molecule has 1 unspecified atom stereocenters. The summed E-state index contributed by atoms with van der Waals surface area (Å²) in [5.74, 6) is 1.21. The van der Waals surface area contributed by atoms with Gasteiger partial charge in [-0.3, -0.25) is 13.9 Å². The van der Waals surface area contributed by atoms with Gasteiger partial charge in [0.2, 0.25) is 0 Å². The molecule has 0 amide bonds. The molecule has 3 heterocycles. The van der Waals surface area contributed by atoms with Crippen LogP contribution in [0.1, 0.15) is 32.1 Å². The minimum atomic E-state index is -0.116. The van der Waals surface area contributed by atoms with Crippen LogP contribution >= 0.6 is 11.6 Å². The molecule has 0 saturated heterocycles. The Labute approximate surface area is 189 Å². The van der Waals surface area contributed by atoms with Crippen LogP contribution in [0.5, 0.6) is 5.75 Å². The molecule has 8 heteroatoms. The van der Waals surface area contributed by atoms with Crippen molar-refractivity contribution in [2.45, 2.75) is 33.2 Å². The molecule has 0 radical (unpaired) electrons. The van der Waals surface area contributed by atoms with Crippen molar-refractivity contribution in [1.29, 1.82) is 0 Å². The topological polar surface area (TPSA) is 74.8 Å². The number of rotatable bonds is 4. The fourth-order valence-corrected chi connectivity index (χ4v) is 4.40. The summed E-state index contributed by atoms with van der Waals surface area (Å²) in [5.41, 5.74) is 3.68. The maximum atomic E-state index is 13.7. The molecule has 5 rings (SSSR count). The van der Waals surface area contributed by atoms with Crippen LogP contribution in [0.15, 0.2) is 47.3 Å². The monoisotopic (exact) mass is 447 g/mol. The Hall–Kier alpha value is -3.45. The molecule has 0 spiro atoms. The van der Waals surface area contributed by atoms with Crippen LogP contribution in [-0.4, -0.2) is 31.2 Å². The van der Waals surface area contributed by atoms with Gasteiger partial charge < -0.3 is 4.74 Å². The van der Waals surface area contributed by atoms with E-state index in [-0.39, 0.29) is 11.6 Å². The molecule has 0 fully saturated rings. The lowest BCUT2D eigenvalue weighted by molar-refractivity contribution is 0.415. The van der Waals surface area contributed by atoms with Gasteiger partial charge in [0.05, 0.1) is 28.9 Å². The van der Waals surface area contributed by atoms with Crippen molar-refractivity contribution in [1.82, 2.24) is 24.1 Å². The first-order chi connectivity index (χ1) is 15.4. The summed E-state index contributed by atoms with van der Waals surface area (Å²) in [5, 5.41) is 0.912. The first kappa shape index (κ1) is 20.5. The van der Waals surface area contributed by atoms with Crippen molar-refractivity contribution in [2.75, 3.05) is 7.11 Å². The number of ether oxygens (including phenoxy) is 1. The van der Waals surface area contributed by atoms with Gasteiger partial charge in [0.1, 0.15) is 22.5 Å². The Kier molecular flexibility index (Phi) is 4.86. The number of aryl methyl sites for hydroxylation is 1. The quantitative estimate of drug-likeness (QED) is 0.377. The largest absolute Gasteiger partial charge is 0.495 e. The lowest BCUT2D eigenvalue weighted by Crippen LogP contribution is -2.26. The molecule has 2 aromatic carbocycles. The van der Waals surface area contributed by atoms with Crippen LogP contribution in [0.2, 0.25) is 5.02 Å². The van der Waals surface area contributed by atoms with Crippen molar-refractivity contribution < 1.29 is 4.74 Å². The zero-order valence-electron chi connectivity index (χ0n) is 18.3. The number of halogens is 1. The lowest BCUT2D eigenvalue weighted by Gasteiger charge is -2.16. The molecule has 3 aromatic heterocycles. The summed E-state index contributed by atoms with van der Waals surface area (Å²) < 4.78 is 8.90. The fourth-order valence-electron chi connectivity index (χ4n) is 4.15.